The van der Waals surface area contributed by atoms with Crippen LogP contribution in [0, 0.1) is 11.8 Å². The number of likely N-dealkylation sites (tertiary alicyclic amines) is 1. The van der Waals surface area contributed by atoms with Crippen LogP contribution >= 0.6 is 0 Å². The van der Waals surface area contributed by atoms with Gasteiger partial charge in [-0.2, -0.15) is 0 Å². The van der Waals surface area contributed by atoms with E-state index in [9.17, 15) is 0 Å². The summed E-state index contributed by atoms with van der Waals surface area (Å²) < 4.78 is 5.33. The molecule has 0 aliphatic carbocycles. The lowest BCUT2D eigenvalue weighted by Gasteiger charge is -2.37. The Hall–Kier alpha value is -0.120. The summed E-state index contributed by atoms with van der Waals surface area (Å²) in [6.45, 7) is 13.8. The molecule has 19 heavy (non-hydrogen) atoms. The number of piperidine rings is 1. The van der Waals surface area contributed by atoms with E-state index >= 15 is 0 Å². The van der Waals surface area contributed by atoms with Crippen molar-refractivity contribution in [1.82, 2.24) is 10.2 Å². The number of hydrogen-bond acceptors (Lipinski definition) is 3. The van der Waals surface area contributed by atoms with Crippen molar-refractivity contribution >= 4 is 0 Å². The average molecular weight is 270 g/mol. The quantitative estimate of drug-likeness (QED) is 0.734. The van der Waals surface area contributed by atoms with E-state index in [1.807, 2.05) is 0 Å². The summed E-state index contributed by atoms with van der Waals surface area (Å²) in [6, 6.07) is 1.08. The summed E-state index contributed by atoms with van der Waals surface area (Å²) >= 11 is 0. The minimum absolute atomic E-state index is 0.480. The monoisotopic (exact) mass is 270 g/mol. The van der Waals surface area contributed by atoms with Crippen LogP contribution in [0.2, 0.25) is 0 Å². The second-order valence-corrected chi connectivity index (χ2v) is 6.44. The molecular weight excluding hydrogens is 236 g/mol. The fourth-order valence-electron chi connectivity index (χ4n) is 3.08. The van der Waals surface area contributed by atoms with E-state index in [-0.39, 0.29) is 0 Å². The van der Waals surface area contributed by atoms with Gasteiger partial charge in [-0.3, -0.25) is 0 Å². The van der Waals surface area contributed by atoms with Crippen molar-refractivity contribution in [2.45, 2.75) is 59.0 Å². The molecule has 1 N–H and O–H groups in total. The second-order valence-electron chi connectivity index (χ2n) is 6.44. The first-order chi connectivity index (χ1) is 9.08. The normalized spacial score (nSPS) is 21.8. The zero-order valence-electron chi connectivity index (χ0n) is 13.6. The van der Waals surface area contributed by atoms with Crippen molar-refractivity contribution in [2.75, 3.05) is 33.4 Å². The summed E-state index contributed by atoms with van der Waals surface area (Å²) in [5.41, 5.74) is 0. The number of rotatable bonds is 8. The van der Waals surface area contributed by atoms with Crippen molar-refractivity contribution in [3.05, 3.63) is 0 Å². The first-order valence-corrected chi connectivity index (χ1v) is 8.05. The molecule has 1 aliphatic heterocycles. The van der Waals surface area contributed by atoms with E-state index in [1.165, 1.54) is 38.9 Å². The van der Waals surface area contributed by atoms with Gasteiger partial charge in [-0.25, -0.2) is 0 Å². The van der Waals surface area contributed by atoms with Crippen LogP contribution in [-0.2, 0) is 4.74 Å². The third-order valence-corrected chi connectivity index (χ3v) is 4.51. The van der Waals surface area contributed by atoms with Crippen LogP contribution in [0.5, 0.6) is 0 Å². The SMILES string of the molecule is CCCN1CCC(C(C)NC(COC)C(C)C)CC1. The zero-order chi connectivity index (χ0) is 14.3. The molecule has 3 nitrogen and oxygen atoms in total. The topological polar surface area (TPSA) is 24.5 Å². The Balaban J connectivity index is 2.35. The lowest BCUT2D eigenvalue weighted by molar-refractivity contribution is 0.118. The molecule has 1 saturated heterocycles. The molecule has 1 fully saturated rings. The fourth-order valence-corrected chi connectivity index (χ4v) is 3.08. The van der Waals surface area contributed by atoms with Crippen LogP contribution in [0.1, 0.15) is 47.0 Å². The molecule has 0 saturated carbocycles. The van der Waals surface area contributed by atoms with E-state index in [4.69, 9.17) is 4.74 Å². The van der Waals surface area contributed by atoms with Crippen LogP contribution in [-0.4, -0.2) is 50.3 Å². The molecule has 114 valence electrons. The molecule has 0 spiro atoms. The Labute approximate surface area is 120 Å². The minimum atomic E-state index is 0.480. The van der Waals surface area contributed by atoms with E-state index in [0.29, 0.717) is 18.0 Å². The third kappa shape index (κ3) is 5.80. The highest BCUT2D eigenvalue weighted by atomic mass is 16.5. The number of nitrogens with zero attached hydrogens (tertiary/aromatic N) is 1. The van der Waals surface area contributed by atoms with Crippen molar-refractivity contribution < 1.29 is 4.74 Å². The largest absolute Gasteiger partial charge is 0.383 e. The highest BCUT2D eigenvalue weighted by molar-refractivity contribution is 4.83. The van der Waals surface area contributed by atoms with Crippen molar-refractivity contribution in [1.29, 1.82) is 0 Å². The van der Waals surface area contributed by atoms with Crippen molar-refractivity contribution in [3.63, 3.8) is 0 Å². The molecule has 0 radical (unpaired) electrons. The van der Waals surface area contributed by atoms with Crippen LogP contribution < -0.4 is 5.32 Å². The Bertz CT molecular complexity index is 225. The summed E-state index contributed by atoms with van der Waals surface area (Å²) in [5.74, 6) is 1.45. The van der Waals surface area contributed by atoms with Gasteiger partial charge in [-0.1, -0.05) is 20.8 Å². The van der Waals surface area contributed by atoms with Gasteiger partial charge in [0.25, 0.3) is 0 Å². The highest BCUT2D eigenvalue weighted by Crippen LogP contribution is 2.21. The molecule has 1 rings (SSSR count). The van der Waals surface area contributed by atoms with E-state index in [0.717, 1.165) is 12.5 Å². The second kappa shape index (κ2) is 8.93. The van der Waals surface area contributed by atoms with Crippen molar-refractivity contribution in [2.24, 2.45) is 11.8 Å². The first kappa shape index (κ1) is 16.9. The predicted molar refractivity (Wildman–Crippen MR) is 82.6 cm³/mol. The maximum absolute atomic E-state index is 5.33. The predicted octanol–water partition coefficient (Wildman–Crippen LogP) is 2.76. The molecule has 0 aromatic rings. The molecule has 0 aromatic carbocycles. The van der Waals surface area contributed by atoms with Crippen LogP contribution in [0.4, 0.5) is 0 Å². The molecule has 3 heteroatoms. The van der Waals surface area contributed by atoms with Crippen LogP contribution in [0.25, 0.3) is 0 Å². The van der Waals surface area contributed by atoms with Gasteiger partial charge in [-0.05, 0) is 57.7 Å². The van der Waals surface area contributed by atoms with Gasteiger partial charge < -0.3 is 15.0 Å². The zero-order valence-corrected chi connectivity index (χ0v) is 13.6. The minimum Gasteiger partial charge on any atom is -0.383 e. The Morgan fingerprint density at radius 3 is 2.32 bits per heavy atom. The molecule has 0 aromatic heterocycles. The number of hydrogen-bond donors (Lipinski definition) is 1. The standard InChI is InChI=1S/C16H34N2O/c1-6-9-18-10-7-15(8-11-18)14(4)17-16(12-19-5)13(2)3/h13-17H,6-12H2,1-5H3. The van der Waals surface area contributed by atoms with Gasteiger partial charge in [0.05, 0.1) is 6.61 Å². The lowest BCUT2D eigenvalue weighted by atomic mass is 9.89. The Morgan fingerprint density at radius 1 is 1.21 bits per heavy atom. The maximum atomic E-state index is 5.33. The molecule has 2 unspecified atom stereocenters. The smallest absolute Gasteiger partial charge is 0.0618 e. The van der Waals surface area contributed by atoms with Gasteiger partial charge in [-0.15, -0.1) is 0 Å². The fraction of sp³-hybridized carbons (Fsp3) is 1.00. The first-order valence-electron chi connectivity index (χ1n) is 8.05. The van der Waals surface area contributed by atoms with E-state index in [1.54, 1.807) is 7.11 Å². The molecule has 1 aliphatic rings. The van der Waals surface area contributed by atoms with Crippen molar-refractivity contribution in [3.8, 4) is 0 Å². The average Bonchev–Trinajstić information content (AvgIpc) is 2.39. The Kier molecular flexibility index (Phi) is 7.96. The maximum Gasteiger partial charge on any atom is 0.0618 e. The van der Waals surface area contributed by atoms with Gasteiger partial charge in [0.1, 0.15) is 0 Å². The third-order valence-electron chi connectivity index (χ3n) is 4.51. The van der Waals surface area contributed by atoms with Gasteiger partial charge >= 0.3 is 0 Å². The van der Waals surface area contributed by atoms with Crippen LogP contribution in [0.3, 0.4) is 0 Å². The molecular formula is C16H34N2O. The van der Waals surface area contributed by atoms with E-state index < -0.39 is 0 Å². The number of nitrogens with one attached hydrogen (secondary N) is 1. The summed E-state index contributed by atoms with van der Waals surface area (Å²) in [7, 11) is 1.80. The van der Waals surface area contributed by atoms with Gasteiger partial charge in [0.15, 0.2) is 0 Å². The number of ether oxygens (including phenoxy) is 1. The van der Waals surface area contributed by atoms with Gasteiger partial charge in [0.2, 0.25) is 0 Å². The lowest BCUT2D eigenvalue weighted by Crippen LogP contribution is -2.48. The number of methoxy groups -OCH3 is 1. The molecule has 2 atom stereocenters. The van der Waals surface area contributed by atoms with Crippen LogP contribution in [0.15, 0.2) is 0 Å². The molecule has 0 amide bonds. The summed E-state index contributed by atoms with van der Waals surface area (Å²) in [6.07, 6.45) is 3.96. The Morgan fingerprint density at radius 2 is 1.84 bits per heavy atom. The van der Waals surface area contributed by atoms with E-state index in [2.05, 4.69) is 37.9 Å². The summed E-state index contributed by atoms with van der Waals surface area (Å²) in [5, 5.41) is 3.79. The highest BCUT2D eigenvalue weighted by Gasteiger charge is 2.25. The molecule has 1 heterocycles. The molecule has 0 bridgehead atoms. The summed E-state index contributed by atoms with van der Waals surface area (Å²) in [4.78, 5) is 2.61. The van der Waals surface area contributed by atoms with Gasteiger partial charge in [0, 0.05) is 19.2 Å².